The third-order valence-corrected chi connectivity index (χ3v) is 4.45. The summed E-state index contributed by atoms with van der Waals surface area (Å²) in [5, 5.41) is 6.30. The SMILES string of the molecule is COCC1(C(=O)NCCc2ccc(F)cc2C)CCNCC1. The summed E-state index contributed by atoms with van der Waals surface area (Å²) >= 11 is 0. The molecule has 1 aromatic rings. The molecule has 1 aromatic carbocycles. The second-order valence-electron chi connectivity index (χ2n) is 6.04. The van der Waals surface area contributed by atoms with Gasteiger partial charge >= 0.3 is 0 Å². The first kappa shape index (κ1) is 16.9. The molecule has 1 fully saturated rings. The van der Waals surface area contributed by atoms with Crippen LogP contribution in [0.4, 0.5) is 4.39 Å². The summed E-state index contributed by atoms with van der Waals surface area (Å²) in [7, 11) is 1.64. The van der Waals surface area contributed by atoms with Crippen LogP contribution in [0.3, 0.4) is 0 Å². The van der Waals surface area contributed by atoms with Gasteiger partial charge in [-0.1, -0.05) is 6.07 Å². The Morgan fingerprint density at radius 1 is 1.41 bits per heavy atom. The Kier molecular flexibility index (Phi) is 5.91. The first-order valence-electron chi connectivity index (χ1n) is 7.80. The molecule has 0 atom stereocenters. The van der Waals surface area contributed by atoms with Crippen molar-refractivity contribution in [2.45, 2.75) is 26.2 Å². The number of hydrogen-bond donors (Lipinski definition) is 2. The third-order valence-electron chi connectivity index (χ3n) is 4.45. The van der Waals surface area contributed by atoms with Gasteiger partial charge in [0.2, 0.25) is 5.91 Å². The molecule has 1 heterocycles. The zero-order chi connectivity index (χ0) is 16.0. The minimum atomic E-state index is -0.419. The number of methoxy groups -OCH3 is 1. The van der Waals surface area contributed by atoms with Crippen LogP contribution in [0, 0.1) is 18.2 Å². The molecule has 1 aliphatic heterocycles. The van der Waals surface area contributed by atoms with E-state index in [0.29, 0.717) is 19.6 Å². The Morgan fingerprint density at radius 3 is 2.77 bits per heavy atom. The largest absolute Gasteiger partial charge is 0.384 e. The number of aryl methyl sites for hydroxylation is 1. The lowest BCUT2D eigenvalue weighted by molar-refractivity contribution is -0.136. The van der Waals surface area contributed by atoms with Gasteiger partial charge in [0, 0.05) is 13.7 Å². The number of amides is 1. The number of nitrogens with one attached hydrogen (secondary N) is 2. The van der Waals surface area contributed by atoms with Gasteiger partial charge in [-0.3, -0.25) is 4.79 Å². The van der Waals surface area contributed by atoms with Gasteiger partial charge in [0.05, 0.1) is 12.0 Å². The molecule has 0 radical (unpaired) electrons. The van der Waals surface area contributed by atoms with Gasteiger partial charge < -0.3 is 15.4 Å². The van der Waals surface area contributed by atoms with Crippen LogP contribution in [0.5, 0.6) is 0 Å². The van der Waals surface area contributed by atoms with Crippen molar-refractivity contribution >= 4 is 5.91 Å². The fourth-order valence-corrected chi connectivity index (χ4v) is 3.06. The normalized spacial score (nSPS) is 17.2. The molecule has 0 bridgehead atoms. The van der Waals surface area contributed by atoms with Gasteiger partial charge in [0.15, 0.2) is 0 Å². The van der Waals surface area contributed by atoms with E-state index in [4.69, 9.17) is 4.74 Å². The van der Waals surface area contributed by atoms with Crippen molar-refractivity contribution in [1.82, 2.24) is 10.6 Å². The number of ether oxygens (including phenoxy) is 1. The summed E-state index contributed by atoms with van der Waals surface area (Å²) in [5.41, 5.74) is 1.56. The molecule has 2 N–H and O–H groups in total. The fourth-order valence-electron chi connectivity index (χ4n) is 3.06. The molecule has 0 spiro atoms. The highest BCUT2D eigenvalue weighted by Crippen LogP contribution is 2.29. The molecule has 1 aliphatic rings. The monoisotopic (exact) mass is 308 g/mol. The molecule has 1 saturated heterocycles. The van der Waals surface area contributed by atoms with Gasteiger partial charge in [-0.05, 0) is 62.5 Å². The molecule has 122 valence electrons. The Balaban J connectivity index is 1.90. The Labute approximate surface area is 131 Å². The first-order valence-corrected chi connectivity index (χ1v) is 7.80. The highest BCUT2D eigenvalue weighted by Gasteiger charge is 2.39. The summed E-state index contributed by atoms with van der Waals surface area (Å²) in [5.74, 6) is -0.158. The molecular formula is C17H25FN2O2. The van der Waals surface area contributed by atoms with E-state index in [0.717, 1.165) is 37.1 Å². The third kappa shape index (κ3) is 4.05. The molecule has 0 saturated carbocycles. The maximum Gasteiger partial charge on any atom is 0.228 e. The second-order valence-corrected chi connectivity index (χ2v) is 6.04. The van der Waals surface area contributed by atoms with E-state index >= 15 is 0 Å². The van der Waals surface area contributed by atoms with Crippen molar-refractivity contribution in [2.24, 2.45) is 5.41 Å². The van der Waals surface area contributed by atoms with Crippen LogP contribution in [0.15, 0.2) is 18.2 Å². The number of carbonyl (C=O) groups is 1. The topological polar surface area (TPSA) is 50.4 Å². The van der Waals surface area contributed by atoms with Crippen molar-refractivity contribution < 1.29 is 13.9 Å². The molecule has 2 rings (SSSR count). The summed E-state index contributed by atoms with van der Waals surface area (Å²) in [4.78, 5) is 12.6. The van der Waals surface area contributed by atoms with Crippen molar-refractivity contribution in [2.75, 3.05) is 33.4 Å². The fraction of sp³-hybridized carbons (Fsp3) is 0.588. The van der Waals surface area contributed by atoms with E-state index in [1.165, 1.54) is 12.1 Å². The van der Waals surface area contributed by atoms with Gasteiger partial charge in [-0.15, -0.1) is 0 Å². The molecule has 1 amide bonds. The van der Waals surface area contributed by atoms with Crippen molar-refractivity contribution in [3.8, 4) is 0 Å². The highest BCUT2D eigenvalue weighted by molar-refractivity contribution is 5.83. The minimum Gasteiger partial charge on any atom is -0.384 e. The van der Waals surface area contributed by atoms with Crippen LogP contribution in [0.2, 0.25) is 0 Å². The lowest BCUT2D eigenvalue weighted by Crippen LogP contribution is -2.50. The van der Waals surface area contributed by atoms with Crippen molar-refractivity contribution in [1.29, 1.82) is 0 Å². The molecule has 5 heteroatoms. The second kappa shape index (κ2) is 7.70. The van der Waals surface area contributed by atoms with Crippen LogP contribution >= 0.6 is 0 Å². The van der Waals surface area contributed by atoms with E-state index in [1.807, 2.05) is 6.92 Å². The number of benzene rings is 1. The lowest BCUT2D eigenvalue weighted by atomic mass is 9.78. The van der Waals surface area contributed by atoms with Gasteiger partial charge in [-0.2, -0.15) is 0 Å². The number of piperidine rings is 1. The molecule has 0 unspecified atom stereocenters. The Morgan fingerprint density at radius 2 is 2.14 bits per heavy atom. The van der Waals surface area contributed by atoms with Gasteiger partial charge in [-0.25, -0.2) is 4.39 Å². The van der Waals surface area contributed by atoms with Crippen molar-refractivity contribution in [3.63, 3.8) is 0 Å². The van der Waals surface area contributed by atoms with E-state index in [9.17, 15) is 9.18 Å². The Bertz CT molecular complexity index is 508. The molecular weight excluding hydrogens is 283 g/mol. The van der Waals surface area contributed by atoms with E-state index in [2.05, 4.69) is 10.6 Å². The molecule has 4 nitrogen and oxygen atoms in total. The summed E-state index contributed by atoms with van der Waals surface area (Å²) in [6.07, 6.45) is 2.30. The van der Waals surface area contributed by atoms with E-state index in [1.54, 1.807) is 13.2 Å². The van der Waals surface area contributed by atoms with Gasteiger partial charge in [0.1, 0.15) is 5.82 Å². The quantitative estimate of drug-likeness (QED) is 0.843. The van der Waals surface area contributed by atoms with Crippen LogP contribution in [0.1, 0.15) is 24.0 Å². The van der Waals surface area contributed by atoms with Crippen molar-refractivity contribution in [3.05, 3.63) is 35.1 Å². The summed E-state index contributed by atoms with van der Waals surface area (Å²) in [6.45, 7) is 4.58. The maximum absolute atomic E-state index is 13.1. The molecule has 0 aromatic heterocycles. The van der Waals surface area contributed by atoms with Crippen LogP contribution < -0.4 is 10.6 Å². The number of halogens is 1. The lowest BCUT2D eigenvalue weighted by Gasteiger charge is -2.35. The van der Waals surface area contributed by atoms with Gasteiger partial charge in [0.25, 0.3) is 0 Å². The summed E-state index contributed by atoms with van der Waals surface area (Å²) in [6, 6.07) is 4.77. The van der Waals surface area contributed by atoms with Crippen LogP contribution in [-0.4, -0.2) is 39.3 Å². The maximum atomic E-state index is 13.1. The van der Waals surface area contributed by atoms with Crippen LogP contribution in [0.25, 0.3) is 0 Å². The summed E-state index contributed by atoms with van der Waals surface area (Å²) < 4.78 is 18.4. The predicted octanol–water partition coefficient (Wildman–Crippen LogP) is 1.81. The average molecular weight is 308 g/mol. The minimum absolute atomic E-state index is 0.0654. The van der Waals surface area contributed by atoms with E-state index < -0.39 is 5.41 Å². The molecule has 0 aliphatic carbocycles. The highest BCUT2D eigenvalue weighted by atomic mass is 19.1. The molecule has 22 heavy (non-hydrogen) atoms. The number of carbonyl (C=O) groups excluding carboxylic acids is 1. The number of rotatable bonds is 6. The average Bonchev–Trinajstić information content (AvgIpc) is 2.50. The standard InChI is InChI=1S/C17H25FN2O2/c1-13-11-15(18)4-3-14(13)5-8-20-16(21)17(12-22-2)6-9-19-10-7-17/h3-4,11,19H,5-10,12H2,1-2H3,(H,20,21). The predicted molar refractivity (Wildman–Crippen MR) is 84.3 cm³/mol. The number of hydrogen-bond acceptors (Lipinski definition) is 3. The Hall–Kier alpha value is -1.46. The van der Waals surface area contributed by atoms with E-state index in [-0.39, 0.29) is 11.7 Å². The zero-order valence-corrected chi connectivity index (χ0v) is 13.4. The smallest absolute Gasteiger partial charge is 0.228 e. The first-order chi connectivity index (χ1) is 10.6. The zero-order valence-electron chi connectivity index (χ0n) is 13.4. The van der Waals surface area contributed by atoms with Crippen LogP contribution in [-0.2, 0) is 16.0 Å².